The molecule has 122 valence electrons. The van der Waals surface area contributed by atoms with E-state index >= 15 is 0 Å². The second-order valence-corrected chi connectivity index (χ2v) is 6.27. The number of amides is 1. The van der Waals surface area contributed by atoms with Gasteiger partial charge in [-0.2, -0.15) is 5.10 Å². The Labute approximate surface area is 139 Å². The summed E-state index contributed by atoms with van der Waals surface area (Å²) in [6.07, 6.45) is 5.43. The van der Waals surface area contributed by atoms with Crippen LogP contribution < -0.4 is 0 Å². The van der Waals surface area contributed by atoms with Crippen molar-refractivity contribution in [2.24, 2.45) is 0 Å². The van der Waals surface area contributed by atoms with Crippen LogP contribution in [0.25, 0.3) is 10.9 Å². The smallest absolute Gasteiger partial charge is 0.274 e. The third-order valence-electron chi connectivity index (χ3n) is 4.65. The van der Waals surface area contributed by atoms with E-state index in [9.17, 15) is 4.79 Å². The molecule has 0 saturated carbocycles. The first-order valence-corrected chi connectivity index (χ1v) is 8.23. The molecule has 0 aliphatic carbocycles. The first-order chi connectivity index (χ1) is 11.7. The Hall–Kier alpha value is -2.76. The van der Waals surface area contributed by atoms with Crippen molar-refractivity contribution in [2.75, 3.05) is 13.1 Å². The van der Waals surface area contributed by atoms with Gasteiger partial charge in [0.05, 0.1) is 16.9 Å². The van der Waals surface area contributed by atoms with Gasteiger partial charge in [-0.05, 0) is 25.8 Å². The Kier molecular flexibility index (Phi) is 3.72. The summed E-state index contributed by atoms with van der Waals surface area (Å²) >= 11 is 0. The highest BCUT2D eigenvalue weighted by molar-refractivity contribution is 6.04. The molecule has 2 aromatic heterocycles. The summed E-state index contributed by atoms with van der Waals surface area (Å²) in [5.41, 5.74) is 3.38. The van der Waals surface area contributed by atoms with Crippen molar-refractivity contribution in [3.05, 3.63) is 53.7 Å². The number of para-hydroxylation sites is 1. The van der Waals surface area contributed by atoms with Gasteiger partial charge in [-0.1, -0.05) is 18.2 Å². The predicted octanol–water partition coefficient (Wildman–Crippen LogP) is 2.68. The van der Waals surface area contributed by atoms with Crippen LogP contribution in [0.3, 0.4) is 0 Å². The van der Waals surface area contributed by atoms with E-state index in [0.29, 0.717) is 11.6 Å². The SMILES string of the molecule is Cc1cncc(C2CCN(C(=O)c3n[nH]c4ccccc34)CC2)n1. The van der Waals surface area contributed by atoms with Crippen LogP contribution in [-0.4, -0.2) is 44.1 Å². The number of carbonyl (C=O) groups is 1. The molecule has 1 N–H and O–H groups in total. The van der Waals surface area contributed by atoms with E-state index in [2.05, 4.69) is 20.2 Å². The third-order valence-corrected chi connectivity index (χ3v) is 4.65. The standard InChI is InChI=1S/C18H19N5O/c1-12-10-19-11-16(20-12)13-6-8-23(9-7-13)18(24)17-14-4-2-3-5-15(14)21-22-17/h2-5,10-11,13H,6-9H2,1H3,(H,21,22). The number of nitrogens with one attached hydrogen (secondary N) is 1. The van der Waals surface area contributed by atoms with E-state index in [1.165, 1.54) is 0 Å². The number of carbonyl (C=O) groups excluding carboxylic acids is 1. The van der Waals surface area contributed by atoms with Crippen molar-refractivity contribution in [1.29, 1.82) is 0 Å². The van der Waals surface area contributed by atoms with Crippen molar-refractivity contribution in [3.8, 4) is 0 Å². The molecule has 4 rings (SSSR count). The van der Waals surface area contributed by atoms with Crippen LogP contribution in [0.5, 0.6) is 0 Å². The van der Waals surface area contributed by atoms with Gasteiger partial charge < -0.3 is 4.90 Å². The topological polar surface area (TPSA) is 74.8 Å². The van der Waals surface area contributed by atoms with E-state index in [4.69, 9.17) is 0 Å². The third kappa shape index (κ3) is 2.64. The zero-order chi connectivity index (χ0) is 16.5. The number of hydrogen-bond acceptors (Lipinski definition) is 4. The second kappa shape index (κ2) is 6.03. The first kappa shape index (κ1) is 14.8. The quantitative estimate of drug-likeness (QED) is 0.787. The van der Waals surface area contributed by atoms with E-state index in [-0.39, 0.29) is 5.91 Å². The molecule has 6 nitrogen and oxygen atoms in total. The van der Waals surface area contributed by atoms with E-state index in [1.807, 2.05) is 42.3 Å². The Balaban J connectivity index is 1.48. The molecule has 0 unspecified atom stereocenters. The molecule has 1 saturated heterocycles. The lowest BCUT2D eigenvalue weighted by Crippen LogP contribution is -2.38. The lowest BCUT2D eigenvalue weighted by molar-refractivity contribution is 0.0708. The van der Waals surface area contributed by atoms with E-state index in [1.54, 1.807) is 6.20 Å². The minimum absolute atomic E-state index is 0.00114. The summed E-state index contributed by atoms with van der Waals surface area (Å²) in [5, 5.41) is 8.04. The van der Waals surface area contributed by atoms with Gasteiger partial charge in [0.2, 0.25) is 0 Å². The molecule has 6 heteroatoms. The second-order valence-electron chi connectivity index (χ2n) is 6.27. The number of aromatic amines is 1. The summed E-state index contributed by atoms with van der Waals surface area (Å²) in [6.45, 7) is 3.40. The van der Waals surface area contributed by atoms with E-state index in [0.717, 1.165) is 48.2 Å². The minimum atomic E-state index is 0.00114. The fourth-order valence-electron chi connectivity index (χ4n) is 3.33. The fourth-order valence-corrected chi connectivity index (χ4v) is 3.33. The minimum Gasteiger partial charge on any atom is -0.337 e. The summed E-state index contributed by atoms with van der Waals surface area (Å²) < 4.78 is 0. The van der Waals surface area contributed by atoms with Crippen molar-refractivity contribution in [1.82, 2.24) is 25.1 Å². The zero-order valence-corrected chi connectivity index (χ0v) is 13.6. The van der Waals surface area contributed by atoms with Gasteiger partial charge in [0.1, 0.15) is 0 Å². The van der Waals surface area contributed by atoms with Crippen molar-refractivity contribution in [3.63, 3.8) is 0 Å². The van der Waals surface area contributed by atoms with Crippen LogP contribution in [0.1, 0.15) is 40.6 Å². The monoisotopic (exact) mass is 321 g/mol. The summed E-state index contributed by atoms with van der Waals surface area (Å²) in [7, 11) is 0. The average molecular weight is 321 g/mol. The lowest BCUT2D eigenvalue weighted by atomic mass is 9.93. The molecule has 1 aromatic carbocycles. The summed E-state index contributed by atoms with van der Waals surface area (Å²) in [5.74, 6) is 0.374. The number of likely N-dealkylation sites (tertiary alicyclic amines) is 1. The van der Waals surface area contributed by atoms with Crippen LogP contribution >= 0.6 is 0 Å². The lowest BCUT2D eigenvalue weighted by Gasteiger charge is -2.31. The number of aryl methyl sites for hydroxylation is 1. The Bertz CT molecular complexity index is 880. The van der Waals surface area contributed by atoms with Gasteiger partial charge in [0.25, 0.3) is 5.91 Å². The number of rotatable bonds is 2. The van der Waals surface area contributed by atoms with Gasteiger partial charge in [0, 0.05) is 36.8 Å². The maximum absolute atomic E-state index is 12.8. The highest BCUT2D eigenvalue weighted by atomic mass is 16.2. The maximum atomic E-state index is 12.8. The van der Waals surface area contributed by atoms with Gasteiger partial charge in [-0.25, -0.2) is 0 Å². The Morgan fingerprint density at radius 1 is 1.21 bits per heavy atom. The van der Waals surface area contributed by atoms with Crippen LogP contribution in [0, 0.1) is 6.92 Å². The molecule has 3 heterocycles. The van der Waals surface area contributed by atoms with Crippen molar-refractivity contribution >= 4 is 16.8 Å². The van der Waals surface area contributed by atoms with Crippen molar-refractivity contribution in [2.45, 2.75) is 25.7 Å². The van der Waals surface area contributed by atoms with Gasteiger partial charge in [0.15, 0.2) is 5.69 Å². The molecule has 24 heavy (non-hydrogen) atoms. The number of benzene rings is 1. The summed E-state index contributed by atoms with van der Waals surface area (Å²) in [6, 6.07) is 7.73. The number of hydrogen-bond donors (Lipinski definition) is 1. The molecule has 3 aromatic rings. The molecule has 0 bridgehead atoms. The molecular weight excluding hydrogens is 302 g/mol. The molecular formula is C18H19N5O. The highest BCUT2D eigenvalue weighted by Crippen LogP contribution is 2.27. The number of piperidine rings is 1. The molecule has 0 atom stereocenters. The molecule has 0 spiro atoms. The molecule has 1 aliphatic rings. The van der Waals surface area contributed by atoms with Gasteiger partial charge >= 0.3 is 0 Å². The summed E-state index contributed by atoms with van der Waals surface area (Å²) in [4.78, 5) is 23.5. The van der Waals surface area contributed by atoms with Crippen LogP contribution in [0.4, 0.5) is 0 Å². The van der Waals surface area contributed by atoms with Crippen LogP contribution in [0.2, 0.25) is 0 Å². The number of H-pyrrole nitrogens is 1. The molecule has 1 aliphatic heterocycles. The molecule has 1 amide bonds. The van der Waals surface area contributed by atoms with Gasteiger partial charge in [-0.3, -0.25) is 19.9 Å². The molecule has 1 fully saturated rings. The highest BCUT2D eigenvalue weighted by Gasteiger charge is 2.27. The Morgan fingerprint density at radius 3 is 2.79 bits per heavy atom. The fraction of sp³-hybridized carbons (Fsp3) is 0.333. The maximum Gasteiger partial charge on any atom is 0.274 e. The normalized spacial score (nSPS) is 15.8. The number of aromatic nitrogens is 4. The van der Waals surface area contributed by atoms with Crippen LogP contribution in [-0.2, 0) is 0 Å². The largest absolute Gasteiger partial charge is 0.337 e. The number of nitrogens with zero attached hydrogens (tertiary/aromatic N) is 4. The number of fused-ring (bicyclic) bond motifs is 1. The Morgan fingerprint density at radius 2 is 2.00 bits per heavy atom. The average Bonchev–Trinajstić information content (AvgIpc) is 3.05. The predicted molar refractivity (Wildman–Crippen MR) is 90.7 cm³/mol. The van der Waals surface area contributed by atoms with E-state index < -0.39 is 0 Å². The molecule has 0 radical (unpaired) electrons. The zero-order valence-electron chi connectivity index (χ0n) is 13.6. The van der Waals surface area contributed by atoms with Crippen molar-refractivity contribution < 1.29 is 4.79 Å². The van der Waals surface area contributed by atoms with Crippen LogP contribution in [0.15, 0.2) is 36.7 Å². The first-order valence-electron chi connectivity index (χ1n) is 8.23. The van der Waals surface area contributed by atoms with Gasteiger partial charge in [-0.15, -0.1) is 0 Å².